The summed E-state index contributed by atoms with van der Waals surface area (Å²) in [7, 11) is 0. The fourth-order valence-electron chi connectivity index (χ4n) is 4.50. The Bertz CT molecular complexity index is 468. The summed E-state index contributed by atoms with van der Waals surface area (Å²) in [5, 5.41) is 11.0. The van der Waals surface area contributed by atoms with Crippen LogP contribution in [0, 0.1) is 24.2 Å². The molecular weight excluding hydrogens is 222 g/mol. The zero-order valence-electron chi connectivity index (χ0n) is 11.6. The summed E-state index contributed by atoms with van der Waals surface area (Å²) in [6.45, 7) is 6.67. The van der Waals surface area contributed by atoms with Crippen LogP contribution < -0.4 is 0 Å². The van der Waals surface area contributed by atoms with Crippen LogP contribution in [0.1, 0.15) is 44.5 Å². The molecule has 0 aromatic carbocycles. The third-order valence-electron chi connectivity index (χ3n) is 5.44. The highest BCUT2D eigenvalue weighted by Crippen LogP contribution is 2.62. The molecule has 2 fully saturated rings. The van der Waals surface area contributed by atoms with E-state index in [2.05, 4.69) is 18.8 Å². The van der Waals surface area contributed by atoms with Gasteiger partial charge in [0.1, 0.15) is 0 Å². The second-order valence-electron chi connectivity index (χ2n) is 6.90. The van der Waals surface area contributed by atoms with Crippen molar-refractivity contribution in [3.8, 4) is 0 Å². The van der Waals surface area contributed by atoms with Gasteiger partial charge in [-0.3, -0.25) is 4.98 Å². The maximum atomic E-state index is 11.0. The van der Waals surface area contributed by atoms with E-state index in [-0.39, 0.29) is 0 Å². The summed E-state index contributed by atoms with van der Waals surface area (Å²) < 4.78 is 0. The van der Waals surface area contributed by atoms with Crippen molar-refractivity contribution in [2.24, 2.45) is 17.3 Å². The first kappa shape index (κ1) is 12.2. The standard InChI is InChI=1S/C16H23NO/c1-11-5-4-6-13(17-11)10-16(18)9-12-7-8-14(16)15(12,2)3/h4-6,12,14,18H,7-10H2,1-3H3. The molecule has 1 heterocycles. The lowest BCUT2D eigenvalue weighted by molar-refractivity contribution is -0.0256. The van der Waals surface area contributed by atoms with E-state index in [4.69, 9.17) is 0 Å². The molecule has 18 heavy (non-hydrogen) atoms. The van der Waals surface area contributed by atoms with Crippen molar-refractivity contribution in [1.82, 2.24) is 4.98 Å². The zero-order valence-corrected chi connectivity index (χ0v) is 11.6. The van der Waals surface area contributed by atoms with Crippen LogP contribution in [-0.2, 0) is 6.42 Å². The van der Waals surface area contributed by atoms with Crippen LogP contribution in [0.2, 0.25) is 0 Å². The zero-order chi connectivity index (χ0) is 13.0. The second kappa shape index (κ2) is 3.80. The lowest BCUT2D eigenvalue weighted by atomic mass is 9.76. The topological polar surface area (TPSA) is 33.1 Å². The minimum Gasteiger partial charge on any atom is -0.389 e. The number of aliphatic hydroxyl groups is 1. The van der Waals surface area contributed by atoms with Crippen molar-refractivity contribution in [2.45, 2.75) is 52.1 Å². The first-order chi connectivity index (χ1) is 8.42. The first-order valence-corrected chi connectivity index (χ1v) is 7.07. The molecule has 3 atom stereocenters. The molecule has 3 unspecified atom stereocenters. The molecule has 1 N–H and O–H groups in total. The van der Waals surface area contributed by atoms with Gasteiger partial charge in [0.05, 0.1) is 5.60 Å². The molecule has 3 rings (SSSR count). The van der Waals surface area contributed by atoms with E-state index in [1.807, 2.05) is 25.1 Å². The van der Waals surface area contributed by atoms with Crippen molar-refractivity contribution in [3.63, 3.8) is 0 Å². The molecule has 1 aromatic heterocycles. The molecule has 0 saturated heterocycles. The van der Waals surface area contributed by atoms with Crippen LogP contribution in [0.15, 0.2) is 18.2 Å². The molecule has 2 saturated carbocycles. The van der Waals surface area contributed by atoms with Gasteiger partial charge in [-0.05, 0) is 55.6 Å². The Balaban J connectivity index is 1.85. The largest absolute Gasteiger partial charge is 0.389 e. The number of rotatable bonds is 2. The summed E-state index contributed by atoms with van der Waals surface area (Å²) >= 11 is 0. The first-order valence-electron chi connectivity index (χ1n) is 7.07. The fraction of sp³-hybridized carbons (Fsp3) is 0.688. The summed E-state index contributed by atoms with van der Waals surface area (Å²) in [5.74, 6) is 1.13. The second-order valence-corrected chi connectivity index (χ2v) is 6.90. The predicted octanol–water partition coefficient (Wildman–Crippen LogP) is 3.12. The van der Waals surface area contributed by atoms with E-state index in [0.29, 0.717) is 17.3 Å². The minimum absolute atomic E-state index is 0.304. The van der Waals surface area contributed by atoms with E-state index < -0.39 is 5.60 Å². The van der Waals surface area contributed by atoms with Crippen LogP contribution in [0.4, 0.5) is 0 Å². The van der Waals surface area contributed by atoms with Gasteiger partial charge >= 0.3 is 0 Å². The number of fused-ring (bicyclic) bond motifs is 2. The number of pyridine rings is 1. The Hall–Kier alpha value is -0.890. The van der Waals surface area contributed by atoms with E-state index >= 15 is 0 Å². The normalized spacial score (nSPS) is 37.1. The van der Waals surface area contributed by atoms with Gasteiger partial charge in [0, 0.05) is 17.8 Å². The molecule has 1 aromatic rings. The van der Waals surface area contributed by atoms with Crippen LogP contribution in [0.25, 0.3) is 0 Å². The number of hydrogen-bond acceptors (Lipinski definition) is 2. The lowest BCUT2D eigenvalue weighted by Crippen LogP contribution is -2.40. The Morgan fingerprint density at radius 2 is 2.11 bits per heavy atom. The average molecular weight is 245 g/mol. The Kier molecular flexibility index (Phi) is 2.57. The van der Waals surface area contributed by atoms with Gasteiger partial charge in [0.15, 0.2) is 0 Å². The molecule has 2 aliphatic rings. The molecule has 2 bridgehead atoms. The average Bonchev–Trinajstić information content (AvgIpc) is 2.64. The van der Waals surface area contributed by atoms with Crippen molar-refractivity contribution in [3.05, 3.63) is 29.6 Å². The van der Waals surface area contributed by atoms with Gasteiger partial charge in [-0.25, -0.2) is 0 Å². The van der Waals surface area contributed by atoms with Gasteiger partial charge < -0.3 is 5.11 Å². The highest BCUT2D eigenvalue weighted by molar-refractivity contribution is 5.18. The summed E-state index contributed by atoms with van der Waals surface area (Å²) in [6.07, 6.45) is 4.15. The van der Waals surface area contributed by atoms with Gasteiger partial charge in [-0.2, -0.15) is 0 Å². The van der Waals surface area contributed by atoms with Gasteiger partial charge in [-0.15, -0.1) is 0 Å². The van der Waals surface area contributed by atoms with E-state index in [1.165, 1.54) is 12.8 Å². The predicted molar refractivity (Wildman–Crippen MR) is 72.2 cm³/mol. The molecule has 2 nitrogen and oxygen atoms in total. The van der Waals surface area contributed by atoms with E-state index in [1.54, 1.807) is 0 Å². The number of nitrogens with zero attached hydrogens (tertiary/aromatic N) is 1. The molecule has 98 valence electrons. The summed E-state index contributed by atoms with van der Waals surface area (Å²) in [4.78, 5) is 4.55. The lowest BCUT2D eigenvalue weighted by Gasteiger charge is -2.34. The summed E-state index contributed by atoms with van der Waals surface area (Å²) in [5.41, 5.74) is 1.87. The van der Waals surface area contributed by atoms with E-state index in [0.717, 1.165) is 24.2 Å². The number of aromatic nitrogens is 1. The van der Waals surface area contributed by atoms with Crippen LogP contribution >= 0.6 is 0 Å². The molecule has 0 radical (unpaired) electrons. The highest BCUT2D eigenvalue weighted by atomic mass is 16.3. The van der Waals surface area contributed by atoms with Crippen molar-refractivity contribution >= 4 is 0 Å². The molecule has 2 heteroatoms. The SMILES string of the molecule is Cc1cccc(CC2(O)CC3CCC2C3(C)C)n1. The molecule has 0 aliphatic heterocycles. The Morgan fingerprint density at radius 3 is 2.67 bits per heavy atom. The van der Waals surface area contributed by atoms with Crippen LogP contribution in [-0.4, -0.2) is 15.7 Å². The van der Waals surface area contributed by atoms with Gasteiger partial charge in [0.25, 0.3) is 0 Å². The van der Waals surface area contributed by atoms with Crippen LogP contribution in [0.3, 0.4) is 0 Å². The summed E-state index contributed by atoms with van der Waals surface area (Å²) in [6, 6.07) is 6.10. The van der Waals surface area contributed by atoms with E-state index in [9.17, 15) is 5.11 Å². The third-order valence-corrected chi connectivity index (χ3v) is 5.44. The fourth-order valence-corrected chi connectivity index (χ4v) is 4.50. The maximum absolute atomic E-state index is 11.0. The Morgan fingerprint density at radius 1 is 1.33 bits per heavy atom. The number of hydrogen-bond donors (Lipinski definition) is 1. The maximum Gasteiger partial charge on any atom is 0.0739 e. The van der Waals surface area contributed by atoms with Crippen molar-refractivity contribution < 1.29 is 5.11 Å². The van der Waals surface area contributed by atoms with Gasteiger partial charge in [0.2, 0.25) is 0 Å². The van der Waals surface area contributed by atoms with Crippen LogP contribution in [0.5, 0.6) is 0 Å². The smallest absolute Gasteiger partial charge is 0.0739 e. The number of aryl methyl sites for hydroxylation is 1. The molecule has 0 spiro atoms. The van der Waals surface area contributed by atoms with Crippen molar-refractivity contribution in [2.75, 3.05) is 0 Å². The highest BCUT2D eigenvalue weighted by Gasteiger charge is 2.60. The van der Waals surface area contributed by atoms with Crippen molar-refractivity contribution in [1.29, 1.82) is 0 Å². The quantitative estimate of drug-likeness (QED) is 0.868. The molecule has 2 aliphatic carbocycles. The Labute approximate surface area is 109 Å². The minimum atomic E-state index is -0.521. The third kappa shape index (κ3) is 1.70. The molecule has 0 amide bonds. The van der Waals surface area contributed by atoms with Gasteiger partial charge in [-0.1, -0.05) is 19.9 Å². The monoisotopic (exact) mass is 245 g/mol. The molecular formula is C16H23NO.